The van der Waals surface area contributed by atoms with Gasteiger partial charge in [-0.05, 0) is 17.1 Å². The molecule has 0 radical (unpaired) electrons. The Balaban J connectivity index is 0.00000208. The van der Waals surface area contributed by atoms with Gasteiger partial charge in [-0.2, -0.15) is 0 Å². The number of halogens is 1. The number of Topliss-reactive ketones (excluding diaryl/α,β-unsaturated/α-hetero) is 1. The molecule has 1 aromatic heterocycles. The summed E-state index contributed by atoms with van der Waals surface area (Å²) in [7, 11) is 1.59. The molecule has 122 valence electrons. The van der Waals surface area contributed by atoms with Gasteiger partial charge in [0.05, 0.1) is 13.3 Å². The van der Waals surface area contributed by atoms with Gasteiger partial charge in [-0.1, -0.05) is 42.5 Å². The molecule has 0 aliphatic heterocycles. The second kappa shape index (κ2) is 8.36. The number of nitrogens with zero attached hydrogens (tertiary/aromatic N) is 2. The zero-order chi connectivity index (χ0) is 16.1. The van der Waals surface area contributed by atoms with Crippen LogP contribution in [0.25, 0.3) is 11.3 Å². The summed E-state index contributed by atoms with van der Waals surface area (Å²) in [6, 6.07) is 19.0. The third-order valence-corrected chi connectivity index (χ3v) is 3.56. The van der Waals surface area contributed by atoms with E-state index in [1.807, 2.05) is 54.7 Å². The van der Waals surface area contributed by atoms with Crippen molar-refractivity contribution < 1.29 is 14.1 Å². The summed E-state index contributed by atoms with van der Waals surface area (Å²) in [5, 5.41) is 0. The van der Waals surface area contributed by atoms with Crippen LogP contribution in [-0.4, -0.2) is 17.9 Å². The summed E-state index contributed by atoms with van der Waals surface area (Å²) < 4.78 is 6.92. The van der Waals surface area contributed by atoms with Crippen molar-refractivity contribution in [1.29, 1.82) is 0 Å². The molecule has 0 fully saturated rings. The van der Waals surface area contributed by atoms with Crippen LogP contribution in [0.3, 0.4) is 0 Å². The average Bonchev–Trinajstić information content (AvgIpc) is 2.63. The first-order valence-corrected chi connectivity index (χ1v) is 7.34. The normalized spacial score (nSPS) is 9.88. The van der Waals surface area contributed by atoms with E-state index in [9.17, 15) is 4.79 Å². The van der Waals surface area contributed by atoms with Gasteiger partial charge in [-0.15, -0.1) is 17.0 Å². The Hall–Kier alpha value is -2.53. The Kier molecular flexibility index (Phi) is 6.21. The Labute approximate surface area is 151 Å². The Morgan fingerprint density at radius 3 is 2.54 bits per heavy atom. The van der Waals surface area contributed by atoms with Gasteiger partial charge < -0.3 is 4.74 Å². The zero-order valence-electron chi connectivity index (χ0n) is 13.3. The number of rotatable bonds is 5. The second-order valence-electron chi connectivity index (χ2n) is 5.14. The van der Waals surface area contributed by atoms with Gasteiger partial charge in [0.25, 0.3) is 6.33 Å². The summed E-state index contributed by atoms with van der Waals surface area (Å²) in [5.41, 5.74) is 2.57. The van der Waals surface area contributed by atoms with E-state index in [0.717, 1.165) is 11.3 Å². The van der Waals surface area contributed by atoms with Gasteiger partial charge in [0.1, 0.15) is 5.75 Å². The molecule has 3 aromatic rings. The molecule has 3 rings (SSSR count). The predicted octanol–water partition coefficient (Wildman–Crippen LogP) is 3.51. The Morgan fingerprint density at radius 2 is 1.88 bits per heavy atom. The lowest BCUT2D eigenvalue weighted by molar-refractivity contribution is -0.686. The number of hydrogen-bond acceptors (Lipinski definition) is 3. The van der Waals surface area contributed by atoms with Crippen LogP contribution in [0.1, 0.15) is 10.4 Å². The second-order valence-corrected chi connectivity index (χ2v) is 5.14. The van der Waals surface area contributed by atoms with E-state index in [1.165, 1.54) is 0 Å². The summed E-state index contributed by atoms with van der Waals surface area (Å²) in [4.78, 5) is 16.7. The minimum atomic E-state index is 0. The molecule has 0 bridgehead atoms. The molecule has 24 heavy (non-hydrogen) atoms. The number of ketones is 1. The fourth-order valence-electron chi connectivity index (χ4n) is 2.31. The molecule has 1 heterocycles. The SMILES string of the molecule is Br.COc1cccc(C(=O)C[n+]2ccc(-c3ccccc3)nc2)c1. The standard InChI is InChI=1S/C19H17N2O2.BrH/c1-23-17-9-5-8-16(12-17)19(22)13-21-11-10-18(20-14-21)15-6-3-2-4-7-15;/h2-12,14H,13H2,1H3;1H/q+1;. The first kappa shape index (κ1) is 17.8. The minimum Gasteiger partial charge on any atom is -0.497 e. The van der Waals surface area contributed by atoms with Gasteiger partial charge >= 0.3 is 0 Å². The van der Waals surface area contributed by atoms with Gasteiger partial charge in [0.15, 0.2) is 12.2 Å². The number of methoxy groups -OCH3 is 1. The summed E-state index contributed by atoms with van der Waals surface area (Å²) >= 11 is 0. The topological polar surface area (TPSA) is 43.1 Å². The lowest BCUT2D eigenvalue weighted by Crippen LogP contribution is -2.37. The van der Waals surface area contributed by atoms with E-state index in [4.69, 9.17) is 4.74 Å². The maximum atomic E-state index is 12.3. The molecule has 0 saturated carbocycles. The first-order valence-electron chi connectivity index (χ1n) is 7.34. The van der Waals surface area contributed by atoms with E-state index < -0.39 is 0 Å². The summed E-state index contributed by atoms with van der Waals surface area (Å²) in [6.45, 7) is 0.245. The maximum absolute atomic E-state index is 12.3. The Bertz CT molecular complexity index is 805. The minimum absolute atomic E-state index is 0. The molecule has 5 heteroatoms. The highest BCUT2D eigenvalue weighted by atomic mass is 79.9. The van der Waals surface area contributed by atoms with Crippen molar-refractivity contribution >= 4 is 22.8 Å². The van der Waals surface area contributed by atoms with Crippen LogP contribution >= 0.6 is 17.0 Å². The first-order chi connectivity index (χ1) is 11.3. The fraction of sp³-hybridized carbons (Fsp3) is 0.105. The largest absolute Gasteiger partial charge is 0.497 e. The average molecular weight is 386 g/mol. The highest BCUT2D eigenvalue weighted by molar-refractivity contribution is 8.93. The van der Waals surface area contributed by atoms with Crippen LogP contribution < -0.4 is 9.30 Å². The van der Waals surface area contributed by atoms with Crippen molar-refractivity contribution in [1.82, 2.24) is 4.98 Å². The van der Waals surface area contributed by atoms with E-state index >= 15 is 0 Å². The van der Waals surface area contributed by atoms with Crippen molar-refractivity contribution in [2.45, 2.75) is 6.54 Å². The third-order valence-electron chi connectivity index (χ3n) is 3.56. The molecule has 0 saturated heterocycles. The number of hydrogen-bond donors (Lipinski definition) is 0. The number of ether oxygens (including phenoxy) is 1. The highest BCUT2D eigenvalue weighted by Crippen LogP contribution is 2.14. The summed E-state index contributed by atoms with van der Waals surface area (Å²) in [6.07, 6.45) is 3.55. The van der Waals surface area contributed by atoms with Crippen LogP contribution in [0.4, 0.5) is 0 Å². The van der Waals surface area contributed by atoms with Crippen LogP contribution in [0, 0.1) is 0 Å². The molecular formula is C19H18BrN2O2+. The smallest absolute Gasteiger partial charge is 0.287 e. The number of carbonyl (C=O) groups excluding carboxylic acids is 1. The van der Waals surface area contributed by atoms with Gasteiger partial charge in [-0.25, -0.2) is 4.57 Å². The quantitative estimate of drug-likeness (QED) is 0.498. The van der Waals surface area contributed by atoms with Crippen LogP contribution in [0.15, 0.2) is 73.2 Å². The molecule has 4 nitrogen and oxygen atoms in total. The van der Waals surface area contributed by atoms with E-state index in [0.29, 0.717) is 11.3 Å². The molecule has 0 aliphatic rings. The molecule has 0 N–H and O–H groups in total. The monoisotopic (exact) mass is 385 g/mol. The van der Waals surface area contributed by atoms with E-state index in [2.05, 4.69) is 4.98 Å². The number of benzene rings is 2. The lowest BCUT2D eigenvalue weighted by atomic mass is 10.1. The van der Waals surface area contributed by atoms with Gasteiger partial charge in [-0.3, -0.25) is 4.79 Å². The van der Waals surface area contributed by atoms with Gasteiger partial charge in [0, 0.05) is 17.2 Å². The van der Waals surface area contributed by atoms with Crippen LogP contribution in [-0.2, 0) is 6.54 Å². The molecule has 0 amide bonds. The van der Waals surface area contributed by atoms with E-state index in [1.54, 1.807) is 30.1 Å². The lowest BCUT2D eigenvalue weighted by Gasteiger charge is -2.03. The Morgan fingerprint density at radius 1 is 1.08 bits per heavy atom. The molecule has 0 aliphatic carbocycles. The van der Waals surface area contributed by atoms with E-state index in [-0.39, 0.29) is 29.3 Å². The maximum Gasteiger partial charge on any atom is 0.287 e. The molecular weight excluding hydrogens is 368 g/mol. The number of carbonyl (C=O) groups is 1. The van der Waals surface area contributed by atoms with Crippen LogP contribution in [0.5, 0.6) is 5.75 Å². The van der Waals surface area contributed by atoms with Crippen molar-refractivity contribution in [3.05, 3.63) is 78.8 Å². The number of aromatic nitrogens is 2. The molecule has 2 aromatic carbocycles. The molecule has 0 atom stereocenters. The van der Waals surface area contributed by atoms with Crippen molar-refractivity contribution in [3.63, 3.8) is 0 Å². The molecule has 0 unspecified atom stereocenters. The fourth-order valence-corrected chi connectivity index (χ4v) is 2.31. The van der Waals surface area contributed by atoms with Crippen molar-refractivity contribution in [2.75, 3.05) is 7.11 Å². The predicted molar refractivity (Wildman–Crippen MR) is 97.5 cm³/mol. The summed E-state index contributed by atoms with van der Waals surface area (Å²) in [5.74, 6) is 0.696. The van der Waals surface area contributed by atoms with Crippen LogP contribution in [0.2, 0.25) is 0 Å². The zero-order valence-corrected chi connectivity index (χ0v) is 15.0. The highest BCUT2D eigenvalue weighted by Gasteiger charge is 2.12. The third kappa shape index (κ3) is 4.26. The van der Waals surface area contributed by atoms with Gasteiger partial charge in [0.2, 0.25) is 5.78 Å². The van der Waals surface area contributed by atoms with Crippen molar-refractivity contribution in [2.24, 2.45) is 0 Å². The van der Waals surface area contributed by atoms with Crippen molar-refractivity contribution in [3.8, 4) is 17.0 Å². The molecule has 0 spiro atoms.